The van der Waals surface area contributed by atoms with Crippen molar-refractivity contribution in [2.45, 2.75) is 33.4 Å². The van der Waals surface area contributed by atoms with E-state index in [2.05, 4.69) is 10.3 Å². The Kier molecular flexibility index (Phi) is 5.25. The predicted octanol–water partition coefficient (Wildman–Crippen LogP) is 3.45. The molecule has 6 heteroatoms. The standard InChI is InChI=1S/C16H19F2N3O/c1-11(2)10-21-8-7-19-15(16(21)22)20-9-12-3-5-13(6-4-12)14(17)18/h3-8,11,14H,9-10H2,1-2H3,(H,19,20). The number of rotatable bonds is 6. The van der Waals surface area contributed by atoms with Crippen molar-refractivity contribution in [2.75, 3.05) is 5.32 Å². The van der Waals surface area contributed by atoms with Gasteiger partial charge < -0.3 is 9.88 Å². The predicted molar refractivity (Wildman–Crippen MR) is 82.1 cm³/mol. The molecule has 4 nitrogen and oxygen atoms in total. The van der Waals surface area contributed by atoms with Crippen LogP contribution in [0, 0.1) is 5.92 Å². The smallest absolute Gasteiger partial charge is 0.293 e. The normalized spacial score (nSPS) is 11.2. The summed E-state index contributed by atoms with van der Waals surface area (Å²) in [6.07, 6.45) is 0.762. The second kappa shape index (κ2) is 7.15. The van der Waals surface area contributed by atoms with Crippen molar-refractivity contribution in [1.82, 2.24) is 9.55 Å². The van der Waals surface area contributed by atoms with Crippen LogP contribution in [0.4, 0.5) is 14.6 Å². The Morgan fingerprint density at radius 1 is 1.23 bits per heavy atom. The maximum atomic E-state index is 12.5. The van der Waals surface area contributed by atoms with Crippen LogP contribution in [0.3, 0.4) is 0 Å². The molecule has 0 radical (unpaired) electrons. The summed E-state index contributed by atoms with van der Waals surface area (Å²) in [6.45, 7) is 5.05. The average molecular weight is 307 g/mol. The summed E-state index contributed by atoms with van der Waals surface area (Å²) < 4.78 is 26.6. The molecule has 0 spiro atoms. The van der Waals surface area contributed by atoms with Crippen molar-refractivity contribution in [3.63, 3.8) is 0 Å². The molecule has 0 unspecified atom stereocenters. The number of benzene rings is 1. The molecule has 2 aromatic rings. The molecule has 1 aromatic heterocycles. The monoisotopic (exact) mass is 307 g/mol. The van der Waals surface area contributed by atoms with Crippen molar-refractivity contribution in [3.05, 3.63) is 58.1 Å². The van der Waals surface area contributed by atoms with Gasteiger partial charge in [-0.1, -0.05) is 38.1 Å². The molecule has 1 N–H and O–H groups in total. The van der Waals surface area contributed by atoms with Crippen LogP contribution in [-0.2, 0) is 13.1 Å². The van der Waals surface area contributed by atoms with E-state index in [0.29, 0.717) is 19.0 Å². The first-order valence-corrected chi connectivity index (χ1v) is 7.13. The Hall–Kier alpha value is -2.24. The van der Waals surface area contributed by atoms with E-state index in [1.54, 1.807) is 29.1 Å². The number of hydrogen-bond donors (Lipinski definition) is 1. The third-order valence-corrected chi connectivity index (χ3v) is 3.17. The van der Waals surface area contributed by atoms with Gasteiger partial charge in [0, 0.05) is 31.0 Å². The SMILES string of the molecule is CC(C)Cn1ccnc(NCc2ccc(C(F)F)cc2)c1=O. The van der Waals surface area contributed by atoms with Gasteiger partial charge in [-0.3, -0.25) is 4.79 Å². The highest BCUT2D eigenvalue weighted by Crippen LogP contribution is 2.18. The minimum atomic E-state index is -2.47. The molecule has 0 fully saturated rings. The Bertz CT molecular complexity index is 666. The summed E-state index contributed by atoms with van der Waals surface area (Å²) in [6, 6.07) is 6.00. The first kappa shape index (κ1) is 16.1. The number of hydrogen-bond acceptors (Lipinski definition) is 3. The third kappa shape index (κ3) is 4.13. The molecule has 0 saturated carbocycles. The summed E-state index contributed by atoms with van der Waals surface area (Å²) >= 11 is 0. The molecule has 2 rings (SSSR count). The largest absolute Gasteiger partial charge is 0.361 e. The molecule has 1 heterocycles. The van der Waals surface area contributed by atoms with E-state index in [1.165, 1.54) is 12.1 Å². The lowest BCUT2D eigenvalue weighted by Crippen LogP contribution is -2.25. The van der Waals surface area contributed by atoms with Gasteiger partial charge in [-0.25, -0.2) is 13.8 Å². The third-order valence-electron chi connectivity index (χ3n) is 3.17. The highest BCUT2D eigenvalue weighted by atomic mass is 19.3. The molecular weight excluding hydrogens is 288 g/mol. The van der Waals surface area contributed by atoms with Crippen molar-refractivity contribution >= 4 is 5.82 Å². The minimum Gasteiger partial charge on any atom is -0.361 e. The van der Waals surface area contributed by atoms with E-state index in [1.807, 2.05) is 13.8 Å². The molecule has 22 heavy (non-hydrogen) atoms. The molecular formula is C16H19F2N3O. The summed E-state index contributed by atoms with van der Waals surface area (Å²) in [7, 11) is 0. The van der Waals surface area contributed by atoms with Crippen LogP contribution in [0.15, 0.2) is 41.5 Å². The number of halogens is 2. The molecule has 0 aliphatic rings. The second-order valence-corrected chi connectivity index (χ2v) is 5.52. The highest BCUT2D eigenvalue weighted by Gasteiger charge is 2.08. The van der Waals surface area contributed by atoms with Gasteiger partial charge in [-0.05, 0) is 11.5 Å². The highest BCUT2D eigenvalue weighted by molar-refractivity contribution is 5.33. The first-order chi connectivity index (χ1) is 10.5. The molecule has 0 bridgehead atoms. The summed E-state index contributed by atoms with van der Waals surface area (Å²) in [5.41, 5.74) is 0.617. The molecule has 0 aliphatic carbocycles. The lowest BCUT2D eigenvalue weighted by atomic mass is 10.1. The average Bonchev–Trinajstić information content (AvgIpc) is 2.48. The number of alkyl halides is 2. The summed E-state index contributed by atoms with van der Waals surface area (Å²) in [4.78, 5) is 16.3. The van der Waals surface area contributed by atoms with E-state index in [9.17, 15) is 13.6 Å². The summed E-state index contributed by atoms with van der Waals surface area (Å²) in [5.74, 6) is 0.621. The zero-order valence-electron chi connectivity index (χ0n) is 12.6. The first-order valence-electron chi connectivity index (χ1n) is 7.13. The van der Waals surface area contributed by atoms with Gasteiger partial charge in [0.2, 0.25) is 0 Å². The quantitative estimate of drug-likeness (QED) is 0.889. The molecule has 0 atom stereocenters. The Morgan fingerprint density at radius 3 is 2.50 bits per heavy atom. The molecule has 1 aromatic carbocycles. The summed E-state index contributed by atoms with van der Waals surface area (Å²) in [5, 5.41) is 2.96. The van der Waals surface area contributed by atoms with Crippen LogP contribution < -0.4 is 10.9 Å². The van der Waals surface area contributed by atoms with Crippen molar-refractivity contribution in [2.24, 2.45) is 5.92 Å². The van der Waals surface area contributed by atoms with Crippen molar-refractivity contribution in [3.8, 4) is 0 Å². The van der Waals surface area contributed by atoms with Crippen molar-refractivity contribution < 1.29 is 8.78 Å². The lowest BCUT2D eigenvalue weighted by molar-refractivity contribution is 0.151. The van der Waals surface area contributed by atoms with Gasteiger partial charge in [-0.2, -0.15) is 0 Å². The van der Waals surface area contributed by atoms with Gasteiger partial charge in [0.25, 0.3) is 12.0 Å². The van der Waals surface area contributed by atoms with Crippen molar-refractivity contribution in [1.29, 1.82) is 0 Å². The topological polar surface area (TPSA) is 46.9 Å². The molecule has 0 aliphatic heterocycles. The van der Waals surface area contributed by atoms with E-state index in [4.69, 9.17) is 0 Å². The number of nitrogens with one attached hydrogen (secondary N) is 1. The number of anilines is 1. The zero-order valence-corrected chi connectivity index (χ0v) is 12.6. The maximum Gasteiger partial charge on any atom is 0.293 e. The van der Waals surface area contributed by atoms with E-state index in [0.717, 1.165) is 5.56 Å². The van der Waals surface area contributed by atoms with Gasteiger partial charge in [0.1, 0.15) is 0 Å². The van der Waals surface area contributed by atoms with Crippen LogP contribution >= 0.6 is 0 Å². The number of nitrogens with zero attached hydrogens (tertiary/aromatic N) is 2. The lowest BCUT2D eigenvalue weighted by Gasteiger charge is -2.11. The van der Waals surface area contributed by atoms with Crippen LogP contribution in [0.2, 0.25) is 0 Å². The van der Waals surface area contributed by atoms with Crippen LogP contribution in [-0.4, -0.2) is 9.55 Å². The van der Waals surface area contributed by atoms with Gasteiger partial charge in [-0.15, -0.1) is 0 Å². The van der Waals surface area contributed by atoms with Gasteiger partial charge in [0.05, 0.1) is 0 Å². The second-order valence-electron chi connectivity index (χ2n) is 5.52. The maximum absolute atomic E-state index is 12.5. The molecule has 0 saturated heterocycles. The number of aromatic nitrogens is 2. The van der Waals surface area contributed by atoms with Crippen LogP contribution in [0.5, 0.6) is 0 Å². The van der Waals surface area contributed by atoms with Crippen LogP contribution in [0.25, 0.3) is 0 Å². The fourth-order valence-corrected chi connectivity index (χ4v) is 2.07. The molecule has 0 amide bonds. The zero-order chi connectivity index (χ0) is 16.1. The fourth-order valence-electron chi connectivity index (χ4n) is 2.07. The van der Waals surface area contributed by atoms with Gasteiger partial charge in [0.15, 0.2) is 5.82 Å². The Labute approximate surface area is 127 Å². The van der Waals surface area contributed by atoms with E-state index >= 15 is 0 Å². The Morgan fingerprint density at radius 2 is 1.91 bits per heavy atom. The van der Waals surface area contributed by atoms with E-state index < -0.39 is 6.43 Å². The fraction of sp³-hybridized carbons (Fsp3) is 0.375. The van der Waals surface area contributed by atoms with Crippen LogP contribution in [0.1, 0.15) is 31.4 Å². The Balaban J connectivity index is 2.07. The molecule has 118 valence electrons. The van der Waals surface area contributed by atoms with E-state index in [-0.39, 0.29) is 16.9 Å². The van der Waals surface area contributed by atoms with Gasteiger partial charge >= 0.3 is 0 Å². The minimum absolute atomic E-state index is 0.0131.